The maximum Gasteiger partial charge on any atom is 0.136 e. The van der Waals surface area contributed by atoms with Crippen LogP contribution in [0.25, 0.3) is 98.4 Å². The number of para-hydroxylation sites is 1. The van der Waals surface area contributed by atoms with Crippen LogP contribution in [-0.4, -0.2) is 0 Å². The Labute approximate surface area is 311 Å². The summed E-state index contributed by atoms with van der Waals surface area (Å²) in [7, 11) is 0. The van der Waals surface area contributed by atoms with Crippen molar-refractivity contribution >= 4 is 65.0 Å². The predicted octanol–water partition coefficient (Wildman–Crippen LogP) is 13.2. The van der Waals surface area contributed by atoms with Gasteiger partial charge in [-0.05, 0) is 88.6 Å². The Morgan fingerprint density at radius 3 is 1.43 bits per heavy atom. The summed E-state index contributed by atoms with van der Waals surface area (Å²) in [6.07, 6.45) is 0. The minimum absolute atomic E-state index is 0.495. The Balaban J connectivity index is 1.58. The van der Waals surface area contributed by atoms with Gasteiger partial charge in [0.1, 0.15) is 11.2 Å². The highest BCUT2D eigenvalue weighted by atomic mass is 16.3. The molecule has 0 amide bonds. The van der Waals surface area contributed by atoms with Crippen molar-refractivity contribution in [2.24, 2.45) is 0 Å². The van der Waals surface area contributed by atoms with E-state index in [0.717, 1.165) is 0 Å². The maximum absolute atomic E-state index is 9.92. The molecule has 0 aliphatic carbocycles. The molecule has 1 nitrogen and oxygen atoms in total. The molecular weight excluding hydrogens is 569 g/mol. The summed E-state index contributed by atoms with van der Waals surface area (Å²) in [4.78, 5) is 0. The third-order valence-corrected chi connectivity index (χ3v) is 7.89. The summed E-state index contributed by atoms with van der Waals surface area (Å²) in [6.45, 7) is 0. The molecule has 0 bridgehead atoms. The lowest BCUT2D eigenvalue weighted by Crippen LogP contribution is -1.93. The van der Waals surface area contributed by atoms with E-state index in [0.29, 0.717) is 0 Å². The fourth-order valence-corrected chi connectivity index (χ4v) is 5.98. The first kappa shape index (κ1) is 10.7. The fraction of sp³-hybridized carbons (Fsp3) is 0. The van der Waals surface area contributed by atoms with E-state index in [-0.39, 0.29) is 0 Å². The highest BCUT2D eigenvalue weighted by Crippen LogP contribution is 2.48. The molecule has 218 valence electrons. The van der Waals surface area contributed by atoms with Crippen molar-refractivity contribution in [1.82, 2.24) is 0 Å². The number of fused-ring (bicyclic) bond motifs is 7. The van der Waals surface area contributed by atoms with Gasteiger partial charge in [0.25, 0.3) is 0 Å². The van der Waals surface area contributed by atoms with Crippen LogP contribution in [0.15, 0.2) is 174 Å². The Kier molecular flexibility index (Phi) is 2.31. The first-order valence-corrected chi connectivity index (χ1v) is 13.9. The normalized spacial score (nSPS) is 20.2. The minimum Gasteiger partial charge on any atom is -0.456 e. The van der Waals surface area contributed by atoms with Gasteiger partial charge in [0, 0.05) is 10.8 Å². The van der Waals surface area contributed by atoms with E-state index in [1.807, 2.05) is 0 Å². The van der Waals surface area contributed by atoms with Gasteiger partial charge in [-0.1, -0.05) is 157 Å². The molecule has 0 saturated heterocycles. The van der Waals surface area contributed by atoms with Gasteiger partial charge in [-0.15, -0.1) is 0 Å². The molecule has 0 spiro atoms. The molecule has 0 atom stereocenters. The summed E-state index contributed by atoms with van der Waals surface area (Å²) in [5.41, 5.74) is -5.74. The molecule has 1 aromatic heterocycles. The zero-order valence-electron chi connectivity index (χ0n) is 51.4. The maximum atomic E-state index is 9.92. The van der Waals surface area contributed by atoms with E-state index >= 15 is 0 Å². The lowest BCUT2D eigenvalue weighted by atomic mass is 9.83. The molecule has 0 unspecified atom stereocenters. The second kappa shape index (κ2) is 10.2. The molecule has 0 radical (unpaired) electrons. The van der Waals surface area contributed by atoms with Gasteiger partial charge < -0.3 is 4.42 Å². The topological polar surface area (TPSA) is 13.1 Å². The Morgan fingerprint density at radius 2 is 0.723 bits per heavy atom. The van der Waals surface area contributed by atoms with Crippen LogP contribution >= 0.6 is 0 Å². The molecule has 0 aliphatic heterocycles. The number of rotatable bonds is 3. The smallest absolute Gasteiger partial charge is 0.136 e. The van der Waals surface area contributed by atoms with E-state index in [4.69, 9.17) is 29.1 Å². The molecule has 47 heavy (non-hydrogen) atoms. The summed E-state index contributed by atoms with van der Waals surface area (Å²) < 4.78 is 260. The Bertz CT molecular complexity index is 4350. The highest BCUT2D eigenvalue weighted by Gasteiger charge is 2.21. The summed E-state index contributed by atoms with van der Waals surface area (Å²) in [6, 6.07) is -26.7. The van der Waals surface area contributed by atoms with E-state index in [1.54, 1.807) is 0 Å². The molecule has 1 heteroatoms. The first-order valence-electron chi connectivity index (χ1n) is 27.9. The van der Waals surface area contributed by atoms with Crippen molar-refractivity contribution in [3.05, 3.63) is 169 Å². The van der Waals surface area contributed by atoms with Crippen molar-refractivity contribution < 1.29 is 42.8 Å². The Morgan fingerprint density at radius 1 is 0.298 bits per heavy atom. The third kappa shape index (κ3) is 3.84. The van der Waals surface area contributed by atoms with Crippen molar-refractivity contribution in [2.75, 3.05) is 0 Å². The van der Waals surface area contributed by atoms with Gasteiger partial charge in [-0.25, -0.2) is 0 Å². The van der Waals surface area contributed by atoms with E-state index in [1.165, 1.54) is 0 Å². The lowest BCUT2D eigenvalue weighted by molar-refractivity contribution is 0.669. The zero-order chi connectivity index (χ0) is 55.3. The van der Waals surface area contributed by atoms with Gasteiger partial charge in [0.05, 0.1) is 38.4 Å². The van der Waals surface area contributed by atoms with Crippen molar-refractivity contribution in [3.8, 4) is 33.4 Å². The zero-order valence-corrected chi connectivity index (χ0v) is 23.4. The lowest BCUT2D eigenvalue weighted by Gasteiger charge is -2.20. The average Bonchev–Trinajstić information content (AvgIpc) is 3.84. The third-order valence-electron chi connectivity index (χ3n) is 7.89. The van der Waals surface area contributed by atoms with E-state index in [2.05, 4.69) is 0 Å². The predicted molar refractivity (Wildman–Crippen MR) is 200 cm³/mol. The van der Waals surface area contributed by atoms with Crippen molar-refractivity contribution in [1.29, 1.82) is 0 Å². The van der Waals surface area contributed by atoms with Gasteiger partial charge in [0.15, 0.2) is 0 Å². The number of benzene rings is 9. The highest BCUT2D eigenvalue weighted by molar-refractivity contribution is 6.27. The van der Waals surface area contributed by atoms with Crippen LogP contribution in [0.2, 0.25) is 0 Å². The van der Waals surface area contributed by atoms with Crippen LogP contribution in [0.5, 0.6) is 0 Å². The molecule has 1 heterocycles. The van der Waals surface area contributed by atoms with E-state index in [9.17, 15) is 13.7 Å². The second-order valence-electron chi connectivity index (χ2n) is 10.3. The van der Waals surface area contributed by atoms with E-state index < -0.39 is 268 Å². The van der Waals surface area contributed by atoms with Gasteiger partial charge in [-0.3, -0.25) is 0 Å². The number of furan rings is 1. The summed E-state index contributed by atoms with van der Waals surface area (Å²) >= 11 is 0. The second-order valence-corrected chi connectivity index (χ2v) is 10.3. The molecule has 0 fully saturated rings. The molecule has 10 aromatic rings. The quantitative estimate of drug-likeness (QED) is 0.178. The van der Waals surface area contributed by atoms with Crippen LogP contribution in [0.3, 0.4) is 0 Å². The molecule has 0 N–H and O–H groups in total. The first-order chi connectivity index (χ1) is 35.0. The van der Waals surface area contributed by atoms with Crippen molar-refractivity contribution in [2.45, 2.75) is 0 Å². The monoisotopic (exact) mass is 624 g/mol. The molecule has 9 aromatic carbocycles. The van der Waals surface area contributed by atoms with Crippen LogP contribution in [0.4, 0.5) is 0 Å². The SMILES string of the molecule is [2H]c1c([2H])c([2H])c2c(oc3c([2H])c([2H])c([2H])c(-c4c5c([2H])c([2H])c([2H])c([2H])c5c(-c5c([2H])c([2H])c(-c6c([2H])c([2H])c([2H])c7c([2H])c([2H])c([2H])c([2H])c67)c6c([2H])c([2H])c([2H])c([2H])c56)c5c([2H])c([2H])c([2H])c([2H])c45)c32)c1[2H]. The standard InChI is InChI=1S/C46H28O/c1-2-15-30-29(13-1)14-11-23-31(30)34-27-28-39(33-17-4-3-16-32(33)34)44-35-18-5-7-20-37(35)45(38-21-8-6-19-36(38)44)41-24-12-26-43-46(41)40-22-9-10-25-42(40)47-43/h1-28H/i1D,2D,3D,4D,5D,6D,7D,8D,9D,10D,11D,12D,13D,14D,15D,16D,17D,18D,19D,20D,21D,22D,23D,24D,25D,26D,27D,28D. The van der Waals surface area contributed by atoms with Crippen LogP contribution in [0.1, 0.15) is 38.4 Å². The van der Waals surface area contributed by atoms with Gasteiger partial charge in [0.2, 0.25) is 0 Å². The van der Waals surface area contributed by atoms with Crippen molar-refractivity contribution in [3.63, 3.8) is 0 Å². The number of hydrogen-bond acceptors (Lipinski definition) is 1. The molecule has 0 aliphatic rings. The van der Waals surface area contributed by atoms with Gasteiger partial charge >= 0.3 is 0 Å². The fourth-order valence-electron chi connectivity index (χ4n) is 5.98. The molecule has 10 rings (SSSR count). The van der Waals surface area contributed by atoms with Crippen LogP contribution in [-0.2, 0) is 0 Å². The number of hydrogen-bond donors (Lipinski definition) is 0. The molecule has 0 saturated carbocycles. The largest absolute Gasteiger partial charge is 0.456 e. The van der Waals surface area contributed by atoms with Crippen LogP contribution < -0.4 is 0 Å². The summed E-state index contributed by atoms with van der Waals surface area (Å²) in [5.74, 6) is 0. The average molecular weight is 625 g/mol. The minimum atomic E-state index is -1.13. The van der Waals surface area contributed by atoms with Crippen LogP contribution in [0, 0.1) is 0 Å². The summed E-state index contributed by atoms with van der Waals surface area (Å²) in [5, 5.41) is -6.91. The molecular formula is C46H28O. The Hall–Kier alpha value is -6.18. The van der Waals surface area contributed by atoms with Gasteiger partial charge in [-0.2, -0.15) is 0 Å².